The van der Waals surface area contributed by atoms with Crippen molar-refractivity contribution in [1.29, 1.82) is 0 Å². The molecule has 72 valence electrons. The molecule has 3 nitrogen and oxygen atoms in total. The maximum atomic E-state index is 10.8. The molecule has 0 aliphatic carbocycles. The average molecular weight is 180 g/mol. The van der Waals surface area contributed by atoms with Gasteiger partial charge in [0.2, 0.25) is 0 Å². The van der Waals surface area contributed by atoms with Gasteiger partial charge in [-0.05, 0) is 13.0 Å². The van der Waals surface area contributed by atoms with Crippen molar-refractivity contribution in [2.45, 2.75) is 39.7 Å². The van der Waals surface area contributed by atoms with Crippen LogP contribution in [0.5, 0.6) is 0 Å². The summed E-state index contributed by atoms with van der Waals surface area (Å²) in [6.45, 7) is 8.25. The normalized spacial score (nSPS) is 11.7. The van der Waals surface area contributed by atoms with Crippen molar-refractivity contribution in [2.75, 3.05) is 0 Å². The molecule has 3 heteroatoms. The van der Waals surface area contributed by atoms with Crippen molar-refractivity contribution in [1.82, 2.24) is 9.78 Å². The van der Waals surface area contributed by atoms with E-state index in [1.54, 1.807) is 11.6 Å². The van der Waals surface area contributed by atoms with Crippen LogP contribution < -0.4 is 0 Å². The molecule has 0 spiro atoms. The first-order valence-corrected chi connectivity index (χ1v) is 4.43. The maximum absolute atomic E-state index is 10.8. The lowest BCUT2D eigenvalue weighted by Crippen LogP contribution is -2.14. The minimum atomic E-state index is 0.0576. The Bertz CT molecular complexity index is 307. The minimum absolute atomic E-state index is 0.0576. The molecule has 13 heavy (non-hydrogen) atoms. The zero-order valence-corrected chi connectivity index (χ0v) is 8.66. The van der Waals surface area contributed by atoms with Gasteiger partial charge in [0.05, 0.1) is 12.2 Å². The van der Waals surface area contributed by atoms with Gasteiger partial charge >= 0.3 is 0 Å². The Morgan fingerprint density at radius 2 is 2.15 bits per heavy atom. The van der Waals surface area contributed by atoms with Crippen molar-refractivity contribution in [3.05, 3.63) is 18.0 Å². The van der Waals surface area contributed by atoms with Crippen molar-refractivity contribution < 1.29 is 4.79 Å². The number of Topliss-reactive ketones (excluding diaryl/α,β-unsaturated/α-hetero) is 1. The molecule has 0 fully saturated rings. The van der Waals surface area contributed by atoms with Gasteiger partial charge in [0, 0.05) is 11.6 Å². The molecule has 0 saturated carbocycles. The fourth-order valence-corrected chi connectivity index (χ4v) is 1.08. The summed E-state index contributed by atoms with van der Waals surface area (Å²) in [6, 6.07) is 1.96. The SMILES string of the molecule is CC(=O)Cn1ccc(C(C)(C)C)n1. The number of aromatic nitrogens is 2. The van der Waals surface area contributed by atoms with Gasteiger partial charge in [0.1, 0.15) is 0 Å². The third-order valence-corrected chi connectivity index (χ3v) is 1.79. The van der Waals surface area contributed by atoms with Crippen LogP contribution in [0.3, 0.4) is 0 Å². The first-order valence-electron chi connectivity index (χ1n) is 4.43. The fraction of sp³-hybridized carbons (Fsp3) is 0.600. The third-order valence-electron chi connectivity index (χ3n) is 1.79. The molecule has 0 aromatic carbocycles. The first-order chi connectivity index (χ1) is 5.89. The van der Waals surface area contributed by atoms with E-state index in [1.807, 2.05) is 12.3 Å². The molecule has 0 atom stereocenters. The molecule has 0 radical (unpaired) electrons. The standard InChI is InChI=1S/C10H16N2O/c1-8(13)7-12-6-5-9(11-12)10(2,3)4/h5-6H,7H2,1-4H3. The van der Waals surface area contributed by atoms with E-state index in [0.29, 0.717) is 6.54 Å². The van der Waals surface area contributed by atoms with Crippen LogP contribution in [0.1, 0.15) is 33.4 Å². The molecule has 1 heterocycles. The Hall–Kier alpha value is -1.12. The quantitative estimate of drug-likeness (QED) is 0.695. The van der Waals surface area contributed by atoms with Gasteiger partial charge in [0.25, 0.3) is 0 Å². The Morgan fingerprint density at radius 1 is 1.54 bits per heavy atom. The molecule has 1 aromatic heterocycles. The fourth-order valence-electron chi connectivity index (χ4n) is 1.08. The summed E-state index contributed by atoms with van der Waals surface area (Å²) in [5.41, 5.74) is 1.08. The van der Waals surface area contributed by atoms with Crippen LogP contribution >= 0.6 is 0 Å². The molecule has 0 aliphatic rings. The highest BCUT2D eigenvalue weighted by Gasteiger charge is 2.16. The summed E-state index contributed by atoms with van der Waals surface area (Å²) < 4.78 is 1.68. The summed E-state index contributed by atoms with van der Waals surface area (Å²) in [6.07, 6.45) is 1.85. The molecule has 0 bridgehead atoms. The van der Waals surface area contributed by atoms with Gasteiger partial charge in [-0.2, -0.15) is 5.10 Å². The molecule has 0 unspecified atom stereocenters. The maximum Gasteiger partial charge on any atom is 0.151 e. The van der Waals surface area contributed by atoms with Gasteiger partial charge in [-0.1, -0.05) is 20.8 Å². The molecule has 0 aliphatic heterocycles. The Balaban J connectivity index is 2.81. The van der Waals surface area contributed by atoms with Crippen molar-refractivity contribution in [3.8, 4) is 0 Å². The number of rotatable bonds is 2. The average Bonchev–Trinajstić information content (AvgIpc) is 2.32. The number of hydrogen-bond donors (Lipinski definition) is 0. The number of carbonyl (C=O) groups excluding carboxylic acids is 1. The van der Waals surface area contributed by atoms with Crippen LogP contribution in [0.2, 0.25) is 0 Å². The van der Waals surface area contributed by atoms with E-state index in [2.05, 4.69) is 25.9 Å². The number of carbonyl (C=O) groups is 1. The number of ketones is 1. The first kappa shape index (κ1) is 9.96. The van der Waals surface area contributed by atoms with E-state index in [1.165, 1.54) is 0 Å². The van der Waals surface area contributed by atoms with E-state index in [0.717, 1.165) is 5.69 Å². The lowest BCUT2D eigenvalue weighted by Gasteiger charge is -2.14. The summed E-state index contributed by atoms with van der Waals surface area (Å²) >= 11 is 0. The van der Waals surface area contributed by atoms with E-state index in [9.17, 15) is 4.79 Å². The molecule has 1 rings (SSSR count). The second-order valence-electron chi connectivity index (χ2n) is 4.35. The second-order valence-corrected chi connectivity index (χ2v) is 4.35. The lowest BCUT2D eigenvalue weighted by molar-refractivity contribution is -0.117. The molecule has 0 N–H and O–H groups in total. The van der Waals surface area contributed by atoms with Crippen molar-refractivity contribution in [3.63, 3.8) is 0 Å². The third kappa shape index (κ3) is 2.68. The van der Waals surface area contributed by atoms with Crippen LogP contribution in [-0.4, -0.2) is 15.6 Å². The van der Waals surface area contributed by atoms with Crippen molar-refractivity contribution >= 4 is 5.78 Å². The van der Waals surface area contributed by atoms with Crippen LogP contribution in [0.25, 0.3) is 0 Å². The van der Waals surface area contributed by atoms with Crippen molar-refractivity contribution in [2.24, 2.45) is 0 Å². The van der Waals surface area contributed by atoms with Crippen LogP contribution in [-0.2, 0) is 16.8 Å². The van der Waals surface area contributed by atoms with Crippen LogP contribution in [0.15, 0.2) is 12.3 Å². The van der Waals surface area contributed by atoms with E-state index in [-0.39, 0.29) is 11.2 Å². The smallest absolute Gasteiger partial charge is 0.151 e. The van der Waals surface area contributed by atoms with Crippen LogP contribution in [0.4, 0.5) is 0 Å². The largest absolute Gasteiger partial charge is 0.298 e. The van der Waals surface area contributed by atoms with E-state index in [4.69, 9.17) is 0 Å². The van der Waals surface area contributed by atoms with Gasteiger partial charge in [-0.15, -0.1) is 0 Å². The monoisotopic (exact) mass is 180 g/mol. The van der Waals surface area contributed by atoms with Gasteiger partial charge in [-0.3, -0.25) is 9.48 Å². The number of hydrogen-bond acceptors (Lipinski definition) is 2. The topological polar surface area (TPSA) is 34.9 Å². The van der Waals surface area contributed by atoms with E-state index >= 15 is 0 Å². The van der Waals surface area contributed by atoms with E-state index < -0.39 is 0 Å². The van der Waals surface area contributed by atoms with Gasteiger partial charge in [-0.25, -0.2) is 0 Å². The Labute approximate surface area is 78.8 Å². The molecule has 0 saturated heterocycles. The Morgan fingerprint density at radius 3 is 2.54 bits per heavy atom. The highest BCUT2D eigenvalue weighted by atomic mass is 16.1. The van der Waals surface area contributed by atoms with Gasteiger partial charge < -0.3 is 0 Å². The minimum Gasteiger partial charge on any atom is -0.298 e. The summed E-state index contributed by atoms with van der Waals surface area (Å²) in [7, 11) is 0. The summed E-state index contributed by atoms with van der Waals surface area (Å²) in [5, 5.41) is 4.32. The molecule has 0 amide bonds. The lowest BCUT2D eigenvalue weighted by atomic mass is 9.93. The highest BCUT2D eigenvalue weighted by Crippen LogP contribution is 2.19. The number of nitrogens with zero attached hydrogens (tertiary/aromatic N) is 2. The summed E-state index contributed by atoms with van der Waals surface area (Å²) in [4.78, 5) is 10.8. The molecule has 1 aromatic rings. The Kier molecular flexibility index (Phi) is 2.55. The second kappa shape index (κ2) is 3.32. The predicted octanol–water partition coefficient (Wildman–Crippen LogP) is 1.77. The zero-order valence-electron chi connectivity index (χ0n) is 8.66. The highest BCUT2D eigenvalue weighted by molar-refractivity contribution is 5.75. The zero-order chi connectivity index (χ0) is 10.1. The van der Waals surface area contributed by atoms with Gasteiger partial charge in [0.15, 0.2) is 5.78 Å². The predicted molar refractivity (Wildman–Crippen MR) is 51.6 cm³/mol. The van der Waals surface area contributed by atoms with Crippen LogP contribution in [0, 0.1) is 0 Å². The molecular weight excluding hydrogens is 164 g/mol. The molecular formula is C10H16N2O. The summed E-state index contributed by atoms with van der Waals surface area (Å²) in [5.74, 6) is 0.128.